The molecule has 26 heavy (non-hydrogen) atoms. The van der Waals surface area contributed by atoms with Crippen LogP contribution in [0.5, 0.6) is 5.75 Å². The van der Waals surface area contributed by atoms with E-state index in [0.29, 0.717) is 12.1 Å². The fraction of sp³-hybridized carbons (Fsp3) is 0.409. The minimum absolute atomic E-state index is 0.00603. The molecule has 4 nitrogen and oxygen atoms in total. The lowest BCUT2D eigenvalue weighted by Crippen LogP contribution is -2.39. The number of amides is 1. The van der Waals surface area contributed by atoms with Crippen LogP contribution in [0.1, 0.15) is 41.6 Å². The van der Waals surface area contributed by atoms with E-state index >= 15 is 0 Å². The van der Waals surface area contributed by atoms with Gasteiger partial charge in [-0.3, -0.25) is 4.79 Å². The Morgan fingerprint density at radius 2 is 1.81 bits per heavy atom. The first-order valence-corrected chi connectivity index (χ1v) is 9.24. The highest BCUT2D eigenvalue weighted by Crippen LogP contribution is 2.41. The molecule has 0 atom stereocenters. The van der Waals surface area contributed by atoms with Gasteiger partial charge in [-0.05, 0) is 48.7 Å². The van der Waals surface area contributed by atoms with Crippen molar-refractivity contribution in [1.82, 2.24) is 5.32 Å². The predicted molar refractivity (Wildman–Crippen MR) is 106 cm³/mol. The average Bonchev–Trinajstić information content (AvgIpc) is 3.16. The molecule has 0 aromatic heterocycles. The van der Waals surface area contributed by atoms with Gasteiger partial charge >= 0.3 is 0 Å². The van der Waals surface area contributed by atoms with Gasteiger partial charge in [0.25, 0.3) is 5.91 Å². The van der Waals surface area contributed by atoms with E-state index in [9.17, 15) is 4.79 Å². The number of rotatable bonds is 6. The van der Waals surface area contributed by atoms with Gasteiger partial charge in [0.15, 0.2) is 0 Å². The van der Waals surface area contributed by atoms with Gasteiger partial charge in [-0.1, -0.05) is 31.0 Å². The molecule has 0 unspecified atom stereocenters. The molecule has 1 N–H and O–H groups in total. The molecule has 1 fully saturated rings. The Labute approximate surface area is 156 Å². The summed E-state index contributed by atoms with van der Waals surface area (Å²) in [5, 5.41) is 3.19. The molecule has 138 valence electrons. The standard InChI is InChI=1S/C22H28N2O2/c1-24(2)19-8-6-7-17(15-19)21(25)23-16-22(13-4-5-14-22)18-9-11-20(26-3)12-10-18/h6-12,15H,4-5,13-14,16H2,1-3H3,(H,23,25). The van der Waals surface area contributed by atoms with Crippen LogP contribution in [0.3, 0.4) is 0 Å². The summed E-state index contributed by atoms with van der Waals surface area (Å²) in [5.41, 5.74) is 3.06. The molecule has 0 saturated heterocycles. The molecule has 3 rings (SSSR count). The predicted octanol–water partition coefficient (Wildman–Crippen LogP) is 4.00. The Morgan fingerprint density at radius 3 is 2.42 bits per heavy atom. The molecule has 0 aliphatic heterocycles. The van der Waals surface area contributed by atoms with Crippen LogP contribution >= 0.6 is 0 Å². The third-order valence-electron chi connectivity index (χ3n) is 5.48. The SMILES string of the molecule is COc1ccc(C2(CNC(=O)c3cccc(N(C)C)c3)CCCC2)cc1. The van der Waals surface area contributed by atoms with Gasteiger partial charge in [-0.2, -0.15) is 0 Å². The van der Waals surface area contributed by atoms with Gasteiger partial charge in [0.05, 0.1) is 7.11 Å². The van der Waals surface area contributed by atoms with E-state index in [1.165, 1.54) is 18.4 Å². The minimum atomic E-state index is -0.00603. The van der Waals surface area contributed by atoms with E-state index in [1.807, 2.05) is 55.4 Å². The molecule has 2 aromatic carbocycles. The van der Waals surface area contributed by atoms with Crippen LogP contribution in [0.15, 0.2) is 48.5 Å². The van der Waals surface area contributed by atoms with E-state index in [2.05, 4.69) is 17.4 Å². The molecule has 1 saturated carbocycles. The molecule has 2 aromatic rings. The van der Waals surface area contributed by atoms with Gasteiger partial charge in [-0.15, -0.1) is 0 Å². The second kappa shape index (κ2) is 7.81. The number of nitrogens with zero attached hydrogens (tertiary/aromatic N) is 1. The van der Waals surface area contributed by atoms with E-state index in [-0.39, 0.29) is 11.3 Å². The Bertz CT molecular complexity index is 747. The Kier molecular flexibility index (Phi) is 5.50. The molecule has 1 aliphatic carbocycles. The van der Waals surface area contributed by atoms with Crippen molar-refractivity contribution < 1.29 is 9.53 Å². The first kappa shape index (κ1) is 18.3. The van der Waals surface area contributed by atoms with Crippen molar-refractivity contribution in [3.63, 3.8) is 0 Å². The maximum atomic E-state index is 12.7. The summed E-state index contributed by atoms with van der Waals surface area (Å²) in [4.78, 5) is 14.7. The minimum Gasteiger partial charge on any atom is -0.497 e. The number of methoxy groups -OCH3 is 1. The number of hydrogen-bond acceptors (Lipinski definition) is 3. The number of anilines is 1. The summed E-state index contributed by atoms with van der Waals surface area (Å²) in [7, 11) is 5.64. The second-order valence-electron chi connectivity index (χ2n) is 7.34. The van der Waals surface area contributed by atoms with Crippen molar-refractivity contribution >= 4 is 11.6 Å². The van der Waals surface area contributed by atoms with Crippen LogP contribution in [0.2, 0.25) is 0 Å². The van der Waals surface area contributed by atoms with Crippen LogP contribution in [-0.2, 0) is 5.41 Å². The molecule has 0 heterocycles. The lowest BCUT2D eigenvalue weighted by Gasteiger charge is -2.30. The summed E-state index contributed by atoms with van der Waals surface area (Å²) in [6, 6.07) is 16.0. The highest BCUT2D eigenvalue weighted by molar-refractivity contribution is 5.95. The van der Waals surface area contributed by atoms with Crippen molar-refractivity contribution in [2.75, 3.05) is 32.6 Å². The van der Waals surface area contributed by atoms with Crippen molar-refractivity contribution in [1.29, 1.82) is 0 Å². The number of benzene rings is 2. The third kappa shape index (κ3) is 3.85. The number of ether oxygens (including phenoxy) is 1. The normalized spacial score (nSPS) is 15.5. The monoisotopic (exact) mass is 352 g/mol. The second-order valence-corrected chi connectivity index (χ2v) is 7.34. The van der Waals surface area contributed by atoms with Crippen LogP contribution in [0, 0.1) is 0 Å². The van der Waals surface area contributed by atoms with E-state index in [1.54, 1.807) is 7.11 Å². The molecule has 4 heteroatoms. The number of carbonyl (C=O) groups is 1. The van der Waals surface area contributed by atoms with Crippen LogP contribution in [0.25, 0.3) is 0 Å². The third-order valence-corrected chi connectivity index (χ3v) is 5.48. The summed E-state index contributed by atoms with van der Waals surface area (Å²) >= 11 is 0. The number of carbonyl (C=O) groups excluding carboxylic acids is 1. The zero-order valence-electron chi connectivity index (χ0n) is 15.9. The fourth-order valence-corrected chi connectivity index (χ4v) is 3.84. The topological polar surface area (TPSA) is 41.6 Å². The summed E-state index contributed by atoms with van der Waals surface area (Å²) in [5.74, 6) is 0.861. The quantitative estimate of drug-likeness (QED) is 0.854. The lowest BCUT2D eigenvalue weighted by molar-refractivity contribution is 0.0943. The van der Waals surface area contributed by atoms with Crippen molar-refractivity contribution in [2.24, 2.45) is 0 Å². The van der Waals surface area contributed by atoms with E-state index < -0.39 is 0 Å². The molecule has 1 aliphatic rings. The number of nitrogens with one attached hydrogen (secondary N) is 1. The van der Waals surface area contributed by atoms with E-state index in [4.69, 9.17) is 4.74 Å². The first-order chi connectivity index (χ1) is 12.5. The van der Waals surface area contributed by atoms with Gasteiger partial charge in [0.2, 0.25) is 0 Å². The van der Waals surface area contributed by atoms with Gasteiger partial charge in [0, 0.05) is 37.3 Å². The van der Waals surface area contributed by atoms with Crippen molar-refractivity contribution in [2.45, 2.75) is 31.1 Å². The molecular formula is C22H28N2O2. The lowest BCUT2D eigenvalue weighted by atomic mass is 9.78. The first-order valence-electron chi connectivity index (χ1n) is 9.24. The Hall–Kier alpha value is -2.49. The van der Waals surface area contributed by atoms with E-state index in [0.717, 1.165) is 24.3 Å². The maximum Gasteiger partial charge on any atom is 0.251 e. The van der Waals surface area contributed by atoms with Crippen molar-refractivity contribution in [3.8, 4) is 5.75 Å². The largest absolute Gasteiger partial charge is 0.497 e. The summed E-state index contributed by atoms with van der Waals surface area (Å²) < 4.78 is 5.28. The smallest absolute Gasteiger partial charge is 0.251 e. The highest BCUT2D eigenvalue weighted by Gasteiger charge is 2.36. The van der Waals surface area contributed by atoms with Gasteiger partial charge in [-0.25, -0.2) is 0 Å². The maximum absolute atomic E-state index is 12.7. The zero-order valence-corrected chi connectivity index (χ0v) is 15.9. The Balaban J connectivity index is 1.74. The molecular weight excluding hydrogens is 324 g/mol. The van der Waals surface area contributed by atoms with Crippen LogP contribution in [0.4, 0.5) is 5.69 Å². The number of hydrogen-bond donors (Lipinski definition) is 1. The summed E-state index contributed by atoms with van der Waals surface area (Å²) in [6.45, 7) is 0.671. The molecule has 0 bridgehead atoms. The Morgan fingerprint density at radius 1 is 1.12 bits per heavy atom. The summed E-state index contributed by atoms with van der Waals surface area (Å²) in [6.07, 6.45) is 4.63. The van der Waals surface area contributed by atoms with Crippen LogP contribution < -0.4 is 15.0 Å². The molecule has 0 spiro atoms. The molecule has 1 amide bonds. The highest BCUT2D eigenvalue weighted by atomic mass is 16.5. The van der Waals surface area contributed by atoms with Crippen molar-refractivity contribution in [3.05, 3.63) is 59.7 Å². The molecule has 0 radical (unpaired) electrons. The fourth-order valence-electron chi connectivity index (χ4n) is 3.84. The average molecular weight is 352 g/mol. The van der Waals surface area contributed by atoms with Gasteiger partial charge in [0.1, 0.15) is 5.75 Å². The van der Waals surface area contributed by atoms with Crippen LogP contribution in [-0.4, -0.2) is 33.7 Å². The van der Waals surface area contributed by atoms with Gasteiger partial charge < -0.3 is 15.0 Å². The zero-order chi connectivity index (χ0) is 18.6.